The standard InChI is InChI=1S/C16H21N3O3S/c1-2-22-14(20)9-6-12-23-16-18-17-15(21)19(16)11-10-13-7-4-3-5-8-13/h3-5,7-8H,2,6,9-12H2,1H3,(H,17,21). The van der Waals surface area contributed by atoms with E-state index in [2.05, 4.69) is 10.2 Å². The second-order valence-corrected chi connectivity index (χ2v) is 6.02. The van der Waals surface area contributed by atoms with E-state index in [0.29, 0.717) is 36.9 Å². The van der Waals surface area contributed by atoms with E-state index in [0.717, 1.165) is 6.42 Å². The average Bonchev–Trinajstić information content (AvgIpc) is 2.91. The Morgan fingerprint density at radius 2 is 2.13 bits per heavy atom. The Bertz CT molecular complexity index is 667. The Morgan fingerprint density at radius 1 is 1.35 bits per heavy atom. The minimum absolute atomic E-state index is 0.184. The van der Waals surface area contributed by atoms with Crippen LogP contribution in [0.3, 0.4) is 0 Å². The van der Waals surface area contributed by atoms with Crippen molar-refractivity contribution in [3.05, 3.63) is 46.4 Å². The van der Waals surface area contributed by atoms with Crippen molar-refractivity contribution >= 4 is 17.7 Å². The van der Waals surface area contributed by atoms with Gasteiger partial charge >= 0.3 is 11.7 Å². The largest absolute Gasteiger partial charge is 0.466 e. The lowest BCUT2D eigenvalue weighted by Gasteiger charge is -2.06. The van der Waals surface area contributed by atoms with Crippen LogP contribution in [0.1, 0.15) is 25.3 Å². The number of thioether (sulfide) groups is 1. The van der Waals surface area contributed by atoms with Crippen LogP contribution in [0.5, 0.6) is 0 Å². The van der Waals surface area contributed by atoms with Crippen LogP contribution in [0.15, 0.2) is 40.3 Å². The van der Waals surface area contributed by atoms with E-state index in [1.807, 2.05) is 30.3 Å². The minimum Gasteiger partial charge on any atom is -0.466 e. The number of aryl methyl sites for hydroxylation is 1. The third-order valence-corrected chi connectivity index (χ3v) is 4.31. The van der Waals surface area contributed by atoms with Gasteiger partial charge in [0.2, 0.25) is 0 Å². The maximum absolute atomic E-state index is 11.8. The summed E-state index contributed by atoms with van der Waals surface area (Å²) in [6.07, 6.45) is 1.86. The Morgan fingerprint density at radius 3 is 2.87 bits per heavy atom. The molecule has 0 aliphatic heterocycles. The topological polar surface area (TPSA) is 77.0 Å². The molecule has 2 rings (SSSR count). The van der Waals surface area contributed by atoms with Crippen LogP contribution in [-0.4, -0.2) is 33.1 Å². The lowest BCUT2D eigenvalue weighted by Crippen LogP contribution is -2.19. The van der Waals surface area contributed by atoms with Gasteiger partial charge in [-0.05, 0) is 25.3 Å². The molecule has 6 nitrogen and oxygen atoms in total. The number of rotatable bonds is 9. The number of nitrogens with zero attached hydrogens (tertiary/aromatic N) is 2. The molecule has 0 aliphatic rings. The summed E-state index contributed by atoms with van der Waals surface area (Å²) in [5.74, 6) is 0.533. The van der Waals surface area contributed by atoms with Gasteiger partial charge in [0.05, 0.1) is 6.61 Å². The maximum atomic E-state index is 11.8. The summed E-state index contributed by atoms with van der Waals surface area (Å²) >= 11 is 1.48. The van der Waals surface area contributed by atoms with Crippen LogP contribution in [0.2, 0.25) is 0 Å². The highest BCUT2D eigenvalue weighted by Crippen LogP contribution is 2.16. The minimum atomic E-state index is -0.200. The second-order valence-electron chi connectivity index (χ2n) is 4.96. The number of hydrogen-bond donors (Lipinski definition) is 1. The van der Waals surface area contributed by atoms with Crippen LogP contribution in [0.25, 0.3) is 0 Å². The zero-order valence-electron chi connectivity index (χ0n) is 13.2. The molecule has 0 saturated carbocycles. The first-order valence-corrected chi connectivity index (χ1v) is 8.66. The van der Waals surface area contributed by atoms with Gasteiger partial charge in [0.1, 0.15) is 0 Å². The first kappa shape index (κ1) is 17.3. The van der Waals surface area contributed by atoms with E-state index in [4.69, 9.17) is 4.74 Å². The Hall–Kier alpha value is -2.02. The first-order chi connectivity index (χ1) is 11.2. The Kier molecular flexibility index (Phi) is 6.93. The summed E-state index contributed by atoms with van der Waals surface area (Å²) in [5, 5.41) is 7.20. The monoisotopic (exact) mass is 335 g/mol. The molecule has 0 amide bonds. The van der Waals surface area contributed by atoms with Gasteiger partial charge in [-0.2, -0.15) is 0 Å². The maximum Gasteiger partial charge on any atom is 0.343 e. The number of carbonyl (C=O) groups is 1. The molecule has 7 heteroatoms. The fourth-order valence-corrected chi connectivity index (χ4v) is 3.02. The van der Waals surface area contributed by atoms with Gasteiger partial charge in [-0.3, -0.25) is 9.36 Å². The van der Waals surface area contributed by atoms with Crippen molar-refractivity contribution in [2.45, 2.75) is 37.9 Å². The first-order valence-electron chi connectivity index (χ1n) is 7.68. The normalized spacial score (nSPS) is 10.7. The molecular weight excluding hydrogens is 314 g/mol. The van der Waals surface area contributed by atoms with E-state index in [9.17, 15) is 9.59 Å². The highest BCUT2D eigenvalue weighted by Gasteiger charge is 2.09. The molecule has 0 unspecified atom stereocenters. The molecule has 124 valence electrons. The van der Waals surface area contributed by atoms with Crippen LogP contribution in [0.4, 0.5) is 0 Å². The van der Waals surface area contributed by atoms with Crippen molar-refractivity contribution in [2.75, 3.05) is 12.4 Å². The van der Waals surface area contributed by atoms with Gasteiger partial charge in [0, 0.05) is 18.7 Å². The third kappa shape index (κ3) is 5.59. The quantitative estimate of drug-likeness (QED) is 0.432. The zero-order chi connectivity index (χ0) is 16.5. The van der Waals surface area contributed by atoms with Crippen molar-refractivity contribution in [1.29, 1.82) is 0 Å². The van der Waals surface area contributed by atoms with Gasteiger partial charge in [-0.25, -0.2) is 9.89 Å². The van der Waals surface area contributed by atoms with E-state index < -0.39 is 0 Å². The highest BCUT2D eigenvalue weighted by molar-refractivity contribution is 7.99. The fraction of sp³-hybridized carbons (Fsp3) is 0.438. The second kappa shape index (κ2) is 9.19. The smallest absolute Gasteiger partial charge is 0.343 e. The van der Waals surface area contributed by atoms with E-state index in [1.165, 1.54) is 17.3 Å². The number of carbonyl (C=O) groups excluding carboxylic acids is 1. The summed E-state index contributed by atoms with van der Waals surface area (Å²) in [5.41, 5.74) is 0.979. The Labute approximate surface area is 139 Å². The number of nitrogens with one attached hydrogen (secondary N) is 1. The predicted octanol–water partition coefficient (Wildman–Crippen LogP) is 2.25. The highest BCUT2D eigenvalue weighted by atomic mass is 32.2. The van der Waals surface area contributed by atoms with Crippen molar-refractivity contribution in [1.82, 2.24) is 14.8 Å². The summed E-state index contributed by atoms with van der Waals surface area (Å²) < 4.78 is 6.53. The lowest BCUT2D eigenvalue weighted by atomic mass is 10.1. The van der Waals surface area contributed by atoms with Gasteiger partial charge in [-0.15, -0.1) is 5.10 Å². The molecule has 1 heterocycles. The third-order valence-electron chi connectivity index (χ3n) is 3.25. The summed E-state index contributed by atoms with van der Waals surface area (Å²) in [6, 6.07) is 10.0. The van der Waals surface area contributed by atoms with E-state index in [1.54, 1.807) is 11.5 Å². The number of benzene rings is 1. The molecule has 1 aromatic heterocycles. The molecular formula is C16H21N3O3S. The van der Waals surface area contributed by atoms with Crippen molar-refractivity contribution in [3.63, 3.8) is 0 Å². The van der Waals surface area contributed by atoms with Gasteiger partial charge in [-0.1, -0.05) is 42.1 Å². The lowest BCUT2D eigenvalue weighted by molar-refractivity contribution is -0.143. The number of H-pyrrole nitrogens is 1. The number of ether oxygens (including phenoxy) is 1. The molecule has 0 spiro atoms. The van der Waals surface area contributed by atoms with Gasteiger partial charge in [0.15, 0.2) is 5.16 Å². The van der Waals surface area contributed by atoms with Crippen molar-refractivity contribution in [2.24, 2.45) is 0 Å². The molecule has 0 atom stereocenters. The van der Waals surface area contributed by atoms with Crippen molar-refractivity contribution < 1.29 is 9.53 Å². The molecule has 0 aliphatic carbocycles. The molecule has 23 heavy (non-hydrogen) atoms. The number of aromatic nitrogens is 3. The summed E-state index contributed by atoms with van der Waals surface area (Å²) in [6.45, 7) is 2.78. The van der Waals surface area contributed by atoms with Gasteiger partial charge < -0.3 is 4.74 Å². The number of aromatic amines is 1. The van der Waals surface area contributed by atoms with Crippen LogP contribution < -0.4 is 5.69 Å². The van der Waals surface area contributed by atoms with Crippen LogP contribution in [-0.2, 0) is 22.5 Å². The molecule has 0 radical (unpaired) electrons. The van der Waals surface area contributed by atoms with E-state index in [-0.39, 0.29) is 11.7 Å². The molecule has 0 fully saturated rings. The molecule has 1 aromatic carbocycles. The fourth-order valence-electron chi connectivity index (χ4n) is 2.11. The SMILES string of the molecule is CCOC(=O)CCCSc1n[nH]c(=O)n1CCc1ccccc1. The molecule has 0 bridgehead atoms. The van der Waals surface area contributed by atoms with Crippen LogP contribution >= 0.6 is 11.8 Å². The Balaban J connectivity index is 1.83. The molecule has 2 aromatic rings. The van der Waals surface area contributed by atoms with Crippen LogP contribution in [0, 0.1) is 0 Å². The average molecular weight is 335 g/mol. The molecule has 1 N–H and O–H groups in total. The number of esters is 1. The number of hydrogen-bond acceptors (Lipinski definition) is 5. The van der Waals surface area contributed by atoms with E-state index >= 15 is 0 Å². The predicted molar refractivity (Wildman–Crippen MR) is 89.6 cm³/mol. The van der Waals surface area contributed by atoms with Gasteiger partial charge in [0.25, 0.3) is 0 Å². The zero-order valence-corrected chi connectivity index (χ0v) is 14.0. The van der Waals surface area contributed by atoms with Crippen molar-refractivity contribution in [3.8, 4) is 0 Å². The summed E-state index contributed by atoms with van der Waals surface area (Å²) in [7, 11) is 0. The molecule has 0 saturated heterocycles. The summed E-state index contributed by atoms with van der Waals surface area (Å²) in [4.78, 5) is 23.1.